The third kappa shape index (κ3) is 7.68. The molecule has 0 N–H and O–H groups in total. The summed E-state index contributed by atoms with van der Waals surface area (Å²) in [5.41, 5.74) is 0. The van der Waals surface area contributed by atoms with Crippen molar-refractivity contribution in [2.24, 2.45) is 0 Å². The standard InChI is InChI=1S/C7H16N.2C3H7.In/c1-4-6-7-8(3)5-2;2*1-3-2;/h1,4-7H2,2-3H3;2*3H,1-2H3;. The molecule has 1 nitrogen and oxygen atoms in total. The van der Waals surface area contributed by atoms with Crippen molar-refractivity contribution in [1.29, 1.82) is 0 Å². The zero-order valence-corrected chi connectivity index (χ0v) is 15.0. The number of unbranched alkanes of at least 4 members (excludes halogenated alkanes) is 1. The Balaban J connectivity index is 3.63. The molecule has 0 bridgehead atoms. The van der Waals surface area contributed by atoms with E-state index in [4.69, 9.17) is 0 Å². The van der Waals surface area contributed by atoms with Gasteiger partial charge in [-0.3, -0.25) is 0 Å². The first kappa shape index (κ1) is 15.8. The first-order chi connectivity index (χ1) is 6.99. The van der Waals surface area contributed by atoms with E-state index in [1.54, 1.807) is 4.18 Å². The van der Waals surface area contributed by atoms with Gasteiger partial charge in [-0.15, -0.1) is 0 Å². The summed E-state index contributed by atoms with van der Waals surface area (Å²) in [4.78, 5) is 2.43. The number of nitrogens with zero attached hydrogens (tertiary/aromatic N) is 1. The molecule has 0 aromatic carbocycles. The summed E-state index contributed by atoms with van der Waals surface area (Å²) in [6, 6.07) is 0. The maximum absolute atomic E-state index is 2.46. The second-order valence-electron chi connectivity index (χ2n) is 5.54. The van der Waals surface area contributed by atoms with Crippen LogP contribution in [0.4, 0.5) is 0 Å². The van der Waals surface area contributed by atoms with Crippen LogP contribution >= 0.6 is 0 Å². The van der Waals surface area contributed by atoms with Gasteiger partial charge in [0, 0.05) is 0 Å². The van der Waals surface area contributed by atoms with Crippen LogP contribution in [0, 0.1) is 0 Å². The quantitative estimate of drug-likeness (QED) is 0.611. The van der Waals surface area contributed by atoms with Crippen molar-refractivity contribution in [3.63, 3.8) is 0 Å². The SMILES string of the molecule is CCN(C)CCC[CH2][In]([CH](C)C)[CH](C)C. The van der Waals surface area contributed by atoms with E-state index in [-0.39, 0.29) is 0 Å². The van der Waals surface area contributed by atoms with Crippen LogP contribution in [-0.2, 0) is 0 Å². The van der Waals surface area contributed by atoms with Gasteiger partial charge in [0.15, 0.2) is 0 Å². The fourth-order valence-electron chi connectivity index (χ4n) is 2.36. The molecular formula is C13H30InN. The van der Waals surface area contributed by atoms with E-state index >= 15 is 0 Å². The minimum atomic E-state index is -1.18. The molecule has 0 fully saturated rings. The molecule has 0 aromatic rings. The molecule has 0 aromatic heterocycles. The second kappa shape index (κ2) is 8.92. The van der Waals surface area contributed by atoms with Gasteiger partial charge in [0.25, 0.3) is 0 Å². The van der Waals surface area contributed by atoms with Crippen LogP contribution in [0.3, 0.4) is 0 Å². The van der Waals surface area contributed by atoms with Gasteiger partial charge in [-0.25, -0.2) is 0 Å². The molecule has 0 atom stereocenters. The second-order valence-corrected chi connectivity index (χ2v) is 18.6. The zero-order valence-electron chi connectivity index (χ0n) is 11.7. The van der Waals surface area contributed by atoms with Gasteiger partial charge in [0.05, 0.1) is 0 Å². The van der Waals surface area contributed by atoms with Gasteiger partial charge >= 0.3 is 105 Å². The average Bonchev–Trinajstić information content (AvgIpc) is 2.15. The van der Waals surface area contributed by atoms with E-state index in [0.29, 0.717) is 0 Å². The predicted octanol–water partition coefficient (Wildman–Crippen LogP) is 4.03. The predicted molar refractivity (Wildman–Crippen MR) is 73.2 cm³/mol. The summed E-state index contributed by atoms with van der Waals surface area (Å²) >= 11 is -1.18. The summed E-state index contributed by atoms with van der Waals surface area (Å²) in [6.07, 6.45) is 2.90. The summed E-state index contributed by atoms with van der Waals surface area (Å²) in [5, 5.41) is 0. The zero-order chi connectivity index (χ0) is 11.8. The van der Waals surface area contributed by atoms with Crippen LogP contribution in [0.2, 0.25) is 11.5 Å². The van der Waals surface area contributed by atoms with Crippen LogP contribution in [0.15, 0.2) is 0 Å². The Morgan fingerprint density at radius 2 is 1.53 bits per heavy atom. The molecule has 0 rings (SSSR count). The third-order valence-electron chi connectivity index (χ3n) is 3.58. The summed E-state index contributed by atoms with van der Waals surface area (Å²) in [6.45, 7) is 14.6. The summed E-state index contributed by atoms with van der Waals surface area (Å²) in [5.74, 6) is 0. The van der Waals surface area contributed by atoms with Gasteiger partial charge in [-0.1, -0.05) is 0 Å². The minimum absolute atomic E-state index is 1.05. The molecule has 0 aliphatic heterocycles. The molecule has 0 radical (unpaired) electrons. The maximum atomic E-state index is 2.46. The Morgan fingerprint density at radius 3 is 1.93 bits per heavy atom. The molecule has 90 valence electrons. The summed E-state index contributed by atoms with van der Waals surface area (Å²) < 4.78 is 3.72. The summed E-state index contributed by atoms with van der Waals surface area (Å²) in [7, 11) is 2.23. The first-order valence-electron chi connectivity index (χ1n) is 6.67. The average molecular weight is 315 g/mol. The number of rotatable bonds is 8. The van der Waals surface area contributed by atoms with Crippen molar-refractivity contribution in [3.8, 4) is 0 Å². The number of hydrogen-bond acceptors (Lipinski definition) is 1. The molecule has 15 heavy (non-hydrogen) atoms. The molecule has 0 unspecified atom stereocenters. The van der Waals surface area contributed by atoms with Crippen LogP contribution < -0.4 is 0 Å². The van der Waals surface area contributed by atoms with Crippen LogP contribution in [0.25, 0.3) is 0 Å². The van der Waals surface area contributed by atoms with E-state index < -0.39 is 21.4 Å². The van der Waals surface area contributed by atoms with E-state index in [0.717, 1.165) is 7.35 Å². The van der Waals surface area contributed by atoms with E-state index in [1.807, 2.05) is 0 Å². The van der Waals surface area contributed by atoms with E-state index in [2.05, 4.69) is 46.6 Å². The molecule has 0 aliphatic carbocycles. The van der Waals surface area contributed by atoms with Crippen LogP contribution in [0.1, 0.15) is 47.5 Å². The number of hydrogen-bond donors (Lipinski definition) is 0. The first-order valence-corrected chi connectivity index (χ1v) is 12.8. The van der Waals surface area contributed by atoms with Gasteiger partial charge in [-0.05, 0) is 0 Å². The Labute approximate surface area is 105 Å². The van der Waals surface area contributed by atoms with E-state index in [1.165, 1.54) is 25.9 Å². The topological polar surface area (TPSA) is 3.24 Å². The van der Waals surface area contributed by atoms with Crippen LogP contribution in [0.5, 0.6) is 0 Å². The molecule has 0 spiro atoms. The van der Waals surface area contributed by atoms with Crippen LogP contribution in [-0.4, -0.2) is 46.5 Å². The Kier molecular flexibility index (Phi) is 9.42. The normalized spacial score (nSPS) is 11.8. The third-order valence-corrected chi connectivity index (χ3v) is 16.4. The molecule has 0 amide bonds. The van der Waals surface area contributed by atoms with Crippen molar-refractivity contribution in [2.75, 3.05) is 20.1 Å². The van der Waals surface area contributed by atoms with Gasteiger partial charge in [-0.2, -0.15) is 0 Å². The van der Waals surface area contributed by atoms with Gasteiger partial charge in [0.2, 0.25) is 0 Å². The fraction of sp³-hybridized carbons (Fsp3) is 1.00. The Morgan fingerprint density at radius 1 is 1.00 bits per heavy atom. The van der Waals surface area contributed by atoms with Crippen molar-refractivity contribution in [3.05, 3.63) is 0 Å². The van der Waals surface area contributed by atoms with Gasteiger partial charge < -0.3 is 0 Å². The Hall–Kier alpha value is 0.830. The Bertz CT molecular complexity index is 137. The molecule has 0 saturated heterocycles. The molecular weight excluding hydrogens is 285 g/mol. The van der Waals surface area contributed by atoms with Crippen molar-refractivity contribution >= 4 is 21.4 Å². The fourth-order valence-corrected chi connectivity index (χ4v) is 12.7. The van der Waals surface area contributed by atoms with Gasteiger partial charge in [0.1, 0.15) is 0 Å². The molecule has 2 heteroatoms. The van der Waals surface area contributed by atoms with Crippen molar-refractivity contribution in [2.45, 2.75) is 59.0 Å². The van der Waals surface area contributed by atoms with Crippen molar-refractivity contribution < 1.29 is 0 Å². The molecule has 0 aliphatic rings. The molecule has 0 saturated carbocycles. The van der Waals surface area contributed by atoms with E-state index in [9.17, 15) is 0 Å². The molecule has 0 heterocycles. The van der Waals surface area contributed by atoms with Crippen molar-refractivity contribution in [1.82, 2.24) is 4.90 Å². The monoisotopic (exact) mass is 315 g/mol.